The number of rotatable bonds is 6. The van der Waals surface area contributed by atoms with Gasteiger partial charge in [-0.2, -0.15) is 0 Å². The predicted molar refractivity (Wildman–Crippen MR) is 79.7 cm³/mol. The minimum atomic E-state index is -0.556. The van der Waals surface area contributed by atoms with Crippen molar-refractivity contribution in [2.75, 3.05) is 6.54 Å². The lowest BCUT2D eigenvalue weighted by molar-refractivity contribution is 0.0846. The Labute approximate surface area is 124 Å². The van der Waals surface area contributed by atoms with Crippen LogP contribution in [0.1, 0.15) is 30.8 Å². The Morgan fingerprint density at radius 3 is 2.76 bits per heavy atom. The minimum Gasteiger partial charge on any atom is -0.444 e. The van der Waals surface area contributed by atoms with Gasteiger partial charge in [-0.1, -0.05) is 38.5 Å². The highest BCUT2D eigenvalue weighted by Gasteiger charge is 2.16. The molecule has 0 spiro atoms. The summed E-state index contributed by atoms with van der Waals surface area (Å²) in [6.07, 6.45) is 1.63. The van der Waals surface area contributed by atoms with Gasteiger partial charge >= 0.3 is 0 Å². The Balaban J connectivity index is 1.97. The molecular weight excluding hydrogens is 268 g/mol. The van der Waals surface area contributed by atoms with Gasteiger partial charge in [-0.15, -0.1) is 0 Å². The normalized spacial score (nSPS) is 13.7. The topological polar surface area (TPSA) is 75.4 Å². The van der Waals surface area contributed by atoms with Crippen LogP contribution in [0.2, 0.25) is 0 Å². The first-order chi connectivity index (χ1) is 10.1. The Morgan fingerprint density at radius 2 is 2.10 bits per heavy atom. The van der Waals surface area contributed by atoms with Crippen molar-refractivity contribution in [3.05, 3.63) is 42.3 Å². The number of oxazole rings is 1. The van der Waals surface area contributed by atoms with E-state index in [-0.39, 0.29) is 24.1 Å². The van der Waals surface area contributed by atoms with Crippen molar-refractivity contribution in [3.63, 3.8) is 0 Å². The van der Waals surface area contributed by atoms with E-state index in [1.54, 1.807) is 0 Å². The molecule has 5 heteroatoms. The zero-order valence-electron chi connectivity index (χ0n) is 12.2. The number of nitrogens with one attached hydrogen (secondary N) is 1. The van der Waals surface area contributed by atoms with E-state index in [2.05, 4.69) is 10.3 Å². The Bertz CT molecular complexity index is 580. The molecule has 1 amide bonds. The second-order valence-electron chi connectivity index (χ2n) is 5.07. The standard InChI is InChI=1S/C16H20N2O3/c1-3-11(2)14(19)9-17-15(20)13-10-21-16(18-13)12-7-5-4-6-8-12/h4-8,10-11,14,19H,3,9H2,1-2H3,(H,17,20). The van der Waals surface area contributed by atoms with Crippen molar-refractivity contribution in [2.45, 2.75) is 26.4 Å². The summed E-state index contributed by atoms with van der Waals surface area (Å²) in [7, 11) is 0. The molecule has 0 saturated carbocycles. The Kier molecular flexibility index (Phi) is 5.11. The van der Waals surface area contributed by atoms with Gasteiger partial charge in [-0.3, -0.25) is 4.79 Å². The number of aliphatic hydroxyl groups is 1. The molecule has 2 N–H and O–H groups in total. The largest absolute Gasteiger partial charge is 0.444 e. The highest BCUT2D eigenvalue weighted by atomic mass is 16.3. The van der Waals surface area contributed by atoms with E-state index in [1.165, 1.54) is 6.26 Å². The third kappa shape index (κ3) is 3.92. The summed E-state index contributed by atoms with van der Waals surface area (Å²) in [5, 5.41) is 12.5. The van der Waals surface area contributed by atoms with E-state index in [1.807, 2.05) is 44.2 Å². The van der Waals surface area contributed by atoms with Crippen LogP contribution in [0.5, 0.6) is 0 Å². The maximum Gasteiger partial charge on any atom is 0.273 e. The van der Waals surface area contributed by atoms with Crippen LogP contribution in [0.15, 0.2) is 41.0 Å². The molecule has 112 valence electrons. The lowest BCUT2D eigenvalue weighted by atomic mass is 10.0. The third-order valence-corrected chi connectivity index (χ3v) is 3.53. The molecule has 1 aromatic heterocycles. The van der Waals surface area contributed by atoms with Crippen LogP contribution in [0, 0.1) is 5.92 Å². The fourth-order valence-electron chi connectivity index (χ4n) is 1.85. The number of hydrogen-bond donors (Lipinski definition) is 2. The Hall–Kier alpha value is -2.14. The first kappa shape index (κ1) is 15.3. The summed E-state index contributed by atoms with van der Waals surface area (Å²) in [4.78, 5) is 16.1. The molecule has 0 aliphatic rings. The molecule has 5 nitrogen and oxygen atoms in total. The van der Waals surface area contributed by atoms with E-state index in [0.717, 1.165) is 12.0 Å². The second-order valence-corrected chi connectivity index (χ2v) is 5.07. The SMILES string of the molecule is CCC(C)C(O)CNC(=O)c1coc(-c2ccccc2)n1. The third-order valence-electron chi connectivity index (χ3n) is 3.53. The fraction of sp³-hybridized carbons (Fsp3) is 0.375. The summed E-state index contributed by atoms with van der Waals surface area (Å²) >= 11 is 0. The molecule has 0 saturated heterocycles. The zero-order chi connectivity index (χ0) is 15.2. The lowest BCUT2D eigenvalue weighted by Crippen LogP contribution is -2.35. The molecule has 2 aromatic rings. The second kappa shape index (κ2) is 7.04. The number of benzene rings is 1. The molecule has 2 unspecified atom stereocenters. The number of aromatic nitrogens is 1. The van der Waals surface area contributed by atoms with E-state index in [0.29, 0.717) is 5.89 Å². The van der Waals surface area contributed by atoms with Crippen LogP contribution in [0.25, 0.3) is 11.5 Å². The molecule has 0 fully saturated rings. The van der Waals surface area contributed by atoms with E-state index < -0.39 is 6.10 Å². The van der Waals surface area contributed by atoms with Crippen molar-refractivity contribution in [1.29, 1.82) is 0 Å². The molecule has 1 aromatic carbocycles. The molecule has 2 atom stereocenters. The summed E-state index contributed by atoms with van der Waals surface area (Å²) in [6.45, 7) is 4.15. The van der Waals surface area contributed by atoms with Crippen molar-refractivity contribution < 1.29 is 14.3 Å². The number of amides is 1. The maximum atomic E-state index is 12.0. The van der Waals surface area contributed by atoms with Crippen LogP contribution < -0.4 is 5.32 Å². The van der Waals surface area contributed by atoms with Gasteiger partial charge in [-0.25, -0.2) is 4.98 Å². The first-order valence-corrected chi connectivity index (χ1v) is 7.09. The average molecular weight is 288 g/mol. The molecule has 0 bridgehead atoms. The highest BCUT2D eigenvalue weighted by molar-refractivity contribution is 5.92. The van der Waals surface area contributed by atoms with Gasteiger partial charge in [0.05, 0.1) is 6.10 Å². The average Bonchev–Trinajstić information content (AvgIpc) is 3.02. The number of hydrogen-bond acceptors (Lipinski definition) is 4. The predicted octanol–water partition coefficient (Wildman–Crippen LogP) is 2.48. The maximum absolute atomic E-state index is 12.0. The van der Waals surface area contributed by atoms with Gasteiger partial charge in [0.25, 0.3) is 5.91 Å². The van der Waals surface area contributed by atoms with E-state index >= 15 is 0 Å². The molecule has 0 aliphatic heterocycles. The fourth-order valence-corrected chi connectivity index (χ4v) is 1.85. The van der Waals surface area contributed by atoms with Crippen LogP contribution in [-0.4, -0.2) is 28.6 Å². The minimum absolute atomic E-state index is 0.141. The van der Waals surface area contributed by atoms with Gasteiger partial charge in [-0.05, 0) is 18.1 Å². The molecule has 21 heavy (non-hydrogen) atoms. The summed E-state index contributed by atoms with van der Waals surface area (Å²) in [5.74, 6) is 0.203. The molecule has 1 heterocycles. The summed E-state index contributed by atoms with van der Waals surface area (Å²) in [5.41, 5.74) is 1.03. The smallest absolute Gasteiger partial charge is 0.273 e. The van der Waals surface area contributed by atoms with Crippen molar-refractivity contribution >= 4 is 5.91 Å². The number of carbonyl (C=O) groups is 1. The van der Waals surface area contributed by atoms with Crippen molar-refractivity contribution in [2.24, 2.45) is 5.92 Å². The summed E-state index contributed by atoms with van der Waals surface area (Å²) < 4.78 is 5.31. The van der Waals surface area contributed by atoms with Crippen LogP contribution in [-0.2, 0) is 0 Å². The van der Waals surface area contributed by atoms with E-state index in [4.69, 9.17) is 4.42 Å². The number of carbonyl (C=O) groups excluding carboxylic acids is 1. The molecular formula is C16H20N2O3. The van der Waals surface area contributed by atoms with Gasteiger partial charge < -0.3 is 14.8 Å². The quantitative estimate of drug-likeness (QED) is 0.856. The van der Waals surface area contributed by atoms with Crippen LogP contribution in [0.3, 0.4) is 0 Å². The van der Waals surface area contributed by atoms with Gasteiger partial charge in [0, 0.05) is 12.1 Å². The number of aliphatic hydroxyl groups excluding tert-OH is 1. The van der Waals surface area contributed by atoms with Crippen LogP contribution >= 0.6 is 0 Å². The first-order valence-electron chi connectivity index (χ1n) is 7.09. The zero-order valence-corrected chi connectivity index (χ0v) is 12.2. The van der Waals surface area contributed by atoms with Crippen molar-refractivity contribution in [1.82, 2.24) is 10.3 Å². The molecule has 0 aliphatic carbocycles. The summed E-state index contributed by atoms with van der Waals surface area (Å²) in [6, 6.07) is 9.38. The lowest BCUT2D eigenvalue weighted by Gasteiger charge is -2.16. The van der Waals surface area contributed by atoms with Gasteiger partial charge in [0.1, 0.15) is 6.26 Å². The van der Waals surface area contributed by atoms with Crippen LogP contribution in [0.4, 0.5) is 0 Å². The monoisotopic (exact) mass is 288 g/mol. The number of nitrogens with zero attached hydrogens (tertiary/aromatic N) is 1. The molecule has 0 radical (unpaired) electrons. The van der Waals surface area contributed by atoms with E-state index in [9.17, 15) is 9.90 Å². The highest BCUT2D eigenvalue weighted by Crippen LogP contribution is 2.17. The van der Waals surface area contributed by atoms with Crippen molar-refractivity contribution in [3.8, 4) is 11.5 Å². The van der Waals surface area contributed by atoms with Gasteiger partial charge in [0.15, 0.2) is 5.69 Å². The van der Waals surface area contributed by atoms with Gasteiger partial charge in [0.2, 0.25) is 5.89 Å². The Morgan fingerprint density at radius 1 is 1.38 bits per heavy atom. The molecule has 2 rings (SSSR count).